The van der Waals surface area contributed by atoms with Gasteiger partial charge >= 0.3 is 0 Å². The number of benzene rings is 3. The first-order valence-corrected chi connectivity index (χ1v) is 10.4. The van der Waals surface area contributed by atoms with E-state index in [0.29, 0.717) is 0 Å². The second-order valence-electron chi connectivity index (χ2n) is 6.47. The summed E-state index contributed by atoms with van der Waals surface area (Å²) in [5.41, 5.74) is 3.31. The van der Waals surface area contributed by atoms with Crippen LogP contribution in [0.25, 0.3) is 0 Å². The Labute approximate surface area is 177 Å². The number of hydrogen-bond donors (Lipinski definition) is 0. The van der Waals surface area contributed by atoms with Gasteiger partial charge in [-0.15, -0.1) is 10.2 Å². The molecule has 0 N–H and O–H groups in total. The summed E-state index contributed by atoms with van der Waals surface area (Å²) in [5.74, 6) is 0. The maximum Gasteiger partial charge on any atom is 0.243 e. The second-order valence-corrected chi connectivity index (χ2v) is 7.23. The second kappa shape index (κ2) is 9.63. The quantitative estimate of drug-likeness (QED) is 0.344. The molecular weight excluding hydrogens is 402 g/mol. The highest BCUT2D eigenvalue weighted by Gasteiger charge is 2.45. The van der Waals surface area contributed by atoms with E-state index in [1.807, 2.05) is 0 Å². The van der Waals surface area contributed by atoms with Crippen LogP contribution in [0.2, 0.25) is 0 Å². The van der Waals surface area contributed by atoms with Crippen LogP contribution in [-0.4, -0.2) is 0 Å². The van der Waals surface area contributed by atoms with Gasteiger partial charge < -0.3 is 0 Å². The highest BCUT2D eigenvalue weighted by atomic mass is 35.7. The molecule has 1 aromatic heterocycles. The zero-order chi connectivity index (χ0) is 21.5. The SMILES string of the molecule is [O-][Cl+3]([O-])([O-])[O-].c1ccc(C(c2ccccc2)(c2ccccc2)[n+]2ccccc2)cc1. The lowest BCUT2D eigenvalue weighted by Gasteiger charge is -2.30. The first-order chi connectivity index (χ1) is 14.4. The Balaban J connectivity index is 0.000000461. The summed E-state index contributed by atoms with van der Waals surface area (Å²) in [6.07, 6.45) is 4.29. The fraction of sp³-hybridized carbons (Fsp3) is 0.0417. The van der Waals surface area contributed by atoms with Gasteiger partial charge in [0.2, 0.25) is 5.54 Å². The Kier molecular flexibility index (Phi) is 6.95. The maximum atomic E-state index is 8.49. The zero-order valence-electron chi connectivity index (χ0n) is 16.0. The Bertz CT molecular complexity index is 855. The van der Waals surface area contributed by atoms with E-state index < -0.39 is 15.8 Å². The van der Waals surface area contributed by atoms with Gasteiger partial charge in [0, 0.05) is 28.8 Å². The zero-order valence-corrected chi connectivity index (χ0v) is 16.8. The highest BCUT2D eigenvalue weighted by molar-refractivity contribution is 5.46. The van der Waals surface area contributed by atoms with Gasteiger partial charge in [0.05, 0.1) is 0 Å². The van der Waals surface area contributed by atoms with Crippen LogP contribution in [-0.2, 0) is 5.54 Å². The minimum atomic E-state index is -4.94. The first kappa shape index (κ1) is 21.6. The average Bonchev–Trinajstić information content (AvgIpc) is 2.76. The van der Waals surface area contributed by atoms with Crippen LogP contribution in [0.15, 0.2) is 122 Å². The molecule has 4 aromatic rings. The van der Waals surface area contributed by atoms with Crippen LogP contribution in [0.5, 0.6) is 0 Å². The van der Waals surface area contributed by atoms with E-state index in [0.717, 1.165) is 0 Å². The van der Waals surface area contributed by atoms with Crippen LogP contribution < -0.4 is 23.2 Å². The monoisotopic (exact) mass is 421 g/mol. The molecule has 6 heteroatoms. The van der Waals surface area contributed by atoms with E-state index in [4.69, 9.17) is 18.6 Å². The molecule has 0 aliphatic heterocycles. The Hall–Kier alpha value is -3.06. The van der Waals surface area contributed by atoms with Gasteiger partial charge in [0.25, 0.3) is 0 Å². The van der Waals surface area contributed by atoms with Gasteiger partial charge in [-0.05, 0) is 0 Å². The Morgan fingerprint density at radius 1 is 0.467 bits per heavy atom. The van der Waals surface area contributed by atoms with E-state index in [9.17, 15) is 0 Å². The topological polar surface area (TPSA) is 96.1 Å². The molecule has 0 saturated heterocycles. The van der Waals surface area contributed by atoms with Gasteiger partial charge in [0.15, 0.2) is 12.4 Å². The molecule has 30 heavy (non-hydrogen) atoms. The van der Waals surface area contributed by atoms with Crippen molar-refractivity contribution in [1.82, 2.24) is 0 Å². The molecular formula is C24H20ClNO4. The highest BCUT2D eigenvalue weighted by Crippen LogP contribution is 2.35. The van der Waals surface area contributed by atoms with E-state index >= 15 is 0 Å². The number of pyridine rings is 1. The fourth-order valence-electron chi connectivity index (χ4n) is 3.61. The van der Waals surface area contributed by atoms with Crippen molar-refractivity contribution in [2.24, 2.45) is 0 Å². The summed E-state index contributed by atoms with van der Waals surface area (Å²) < 4.78 is 36.3. The molecule has 0 atom stereocenters. The number of rotatable bonds is 4. The number of hydrogen-bond acceptors (Lipinski definition) is 4. The van der Waals surface area contributed by atoms with Gasteiger partial charge in [-0.25, -0.2) is 18.6 Å². The third-order valence-electron chi connectivity index (χ3n) is 4.68. The summed E-state index contributed by atoms with van der Waals surface area (Å²) in [6.45, 7) is 0. The van der Waals surface area contributed by atoms with Crippen molar-refractivity contribution in [1.29, 1.82) is 0 Å². The molecule has 0 unspecified atom stereocenters. The molecule has 0 bridgehead atoms. The van der Waals surface area contributed by atoms with Gasteiger partial charge in [0.1, 0.15) is 0 Å². The summed E-state index contributed by atoms with van der Waals surface area (Å²) in [5, 5.41) is 0. The van der Waals surface area contributed by atoms with Gasteiger partial charge in [-0.3, -0.25) is 0 Å². The van der Waals surface area contributed by atoms with Crippen molar-refractivity contribution in [3.05, 3.63) is 138 Å². The third kappa shape index (κ3) is 5.10. The van der Waals surface area contributed by atoms with Crippen molar-refractivity contribution in [2.45, 2.75) is 5.54 Å². The predicted octanol–water partition coefficient (Wildman–Crippen LogP) is 0.0583. The van der Waals surface area contributed by atoms with Gasteiger partial charge in [-0.2, -0.15) is 4.57 Å². The van der Waals surface area contributed by atoms with Crippen LogP contribution in [0, 0.1) is 10.2 Å². The van der Waals surface area contributed by atoms with E-state index in [-0.39, 0.29) is 0 Å². The lowest BCUT2D eigenvalue weighted by Crippen LogP contribution is -2.68. The Morgan fingerprint density at radius 3 is 1.03 bits per heavy atom. The fourth-order valence-corrected chi connectivity index (χ4v) is 3.61. The van der Waals surface area contributed by atoms with Crippen LogP contribution in [0.3, 0.4) is 0 Å². The van der Waals surface area contributed by atoms with Crippen molar-refractivity contribution in [2.75, 3.05) is 0 Å². The molecule has 152 valence electrons. The molecule has 0 aliphatic carbocycles. The smallest absolute Gasteiger partial charge is 0.222 e. The molecule has 3 aromatic carbocycles. The molecule has 1 heterocycles. The lowest BCUT2D eigenvalue weighted by atomic mass is 9.76. The van der Waals surface area contributed by atoms with Crippen molar-refractivity contribution in [3.8, 4) is 0 Å². The van der Waals surface area contributed by atoms with E-state index in [1.165, 1.54) is 16.7 Å². The molecule has 0 spiro atoms. The van der Waals surface area contributed by atoms with Crippen molar-refractivity contribution < 1.29 is 33.4 Å². The lowest BCUT2D eigenvalue weighted by molar-refractivity contribution is -2.00. The van der Waals surface area contributed by atoms with Crippen molar-refractivity contribution >= 4 is 0 Å². The number of nitrogens with zero attached hydrogens (tertiary/aromatic N) is 1. The third-order valence-corrected chi connectivity index (χ3v) is 4.68. The standard InChI is InChI=1S/C24H20N.ClHO4/c1-5-13-21(14-6-1)24(22-15-7-2-8-16-22,23-17-9-3-10-18-23)25-19-11-4-12-20-25;2-1(3,4)5/h1-20H;(H,2,3,4,5)/q+1;/p-1. The minimum absolute atomic E-state index is 0.412. The first-order valence-electron chi connectivity index (χ1n) is 9.17. The normalized spacial score (nSPS) is 11.3. The molecule has 0 radical (unpaired) electrons. The molecule has 0 aliphatic rings. The summed E-state index contributed by atoms with van der Waals surface area (Å²) in [4.78, 5) is 0. The number of halogens is 1. The van der Waals surface area contributed by atoms with Crippen LogP contribution >= 0.6 is 0 Å². The van der Waals surface area contributed by atoms with Crippen LogP contribution in [0.1, 0.15) is 16.7 Å². The molecule has 5 nitrogen and oxygen atoms in total. The molecule has 4 rings (SSSR count). The van der Waals surface area contributed by atoms with E-state index in [1.54, 1.807) is 0 Å². The molecule has 0 saturated carbocycles. The summed E-state index contributed by atoms with van der Waals surface area (Å²) in [6, 6.07) is 38.4. The minimum Gasteiger partial charge on any atom is -0.222 e. The van der Waals surface area contributed by atoms with E-state index in [2.05, 4.69) is 126 Å². The predicted molar refractivity (Wildman–Crippen MR) is 101 cm³/mol. The Morgan fingerprint density at radius 2 is 0.733 bits per heavy atom. The number of aromatic nitrogens is 1. The molecule has 0 amide bonds. The largest absolute Gasteiger partial charge is 0.243 e. The summed E-state index contributed by atoms with van der Waals surface area (Å²) in [7, 11) is -4.94. The van der Waals surface area contributed by atoms with Gasteiger partial charge in [-0.1, -0.05) is 97.1 Å². The summed E-state index contributed by atoms with van der Waals surface area (Å²) >= 11 is 0. The van der Waals surface area contributed by atoms with Crippen LogP contribution in [0.4, 0.5) is 0 Å². The van der Waals surface area contributed by atoms with Crippen molar-refractivity contribution in [3.63, 3.8) is 0 Å². The maximum absolute atomic E-state index is 8.49. The molecule has 0 fully saturated rings. The average molecular weight is 422 g/mol.